The van der Waals surface area contributed by atoms with Crippen LogP contribution in [0.15, 0.2) is 24.3 Å². The number of amides is 1. The van der Waals surface area contributed by atoms with Crippen molar-refractivity contribution in [3.63, 3.8) is 0 Å². The minimum Gasteiger partial charge on any atom is -0.496 e. The van der Waals surface area contributed by atoms with Crippen molar-refractivity contribution >= 4 is 17.7 Å². The lowest BCUT2D eigenvalue weighted by Crippen LogP contribution is -2.32. The maximum absolute atomic E-state index is 12.0. The largest absolute Gasteiger partial charge is 0.496 e. The Hall–Kier alpha value is -2.87. The van der Waals surface area contributed by atoms with E-state index in [9.17, 15) is 4.79 Å². The van der Waals surface area contributed by atoms with Gasteiger partial charge in [-0.15, -0.1) is 0 Å². The number of hydrogen-bond donors (Lipinski definition) is 2. The second kappa shape index (κ2) is 8.22. The van der Waals surface area contributed by atoms with Crippen molar-refractivity contribution < 1.29 is 14.3 Å². The number of aryl methyl sites for hydroxylation is 1. The highest BCUT2D eigenvalue weighted by Gasteiger charge is 2.28. The quantitative estimate of drug-likeness (QED) is 0.843. The standard InChI is InChI=1S/C19H25N5O3/c1-12-9-17(23-19(20)22-12)24-7-4-8-27-11-15(24)14-6-5-13(18(25)21-2)10-16(14)26-3/h5-6,9-10,15H,4,7-8,11H2,1-3H3,(H,21,25)(H2,20,22,23). The Morgan fingerprint density at radius 1 is 1.37 bits per heavy atom. The Balaban J connectivity index is 2.04. The van der Waals surface area contributed by atoms with E-state index in [-0.39, 0.29) is 17.9 Å². The van der Waals surface area contributed by atoms with E-state index in [1.807, 2.05) is 19.1 Å². The fourth-order valence-corrected chi connectivity index (χ4v) is 3.30. The second-order valence-corrected chi connectivity index (χ2v) is 6.40. The highest BCUT2D eigenvalue weighted by molar-refractivity contribution is 5.94. The molecule has 0 radical (unpaired) electrons. The number of methoxy groups -OCH3 is 1. The Labute approximate surface area is 158 Å². The van der Waals surface area contributed by atoms with E-state index in [1.165, 1.54) is 0 Å². The Kier molecular flexibility index (Phi) is 5.75. The summed E-state index contributed by atoms with van der Waals surface area (Å²) in [6.07, 6.45) is 0.873. The van der Waals surface area contributed by atoms with Crippen LogP contribution >= 0.6 is 0 Å². The van der Waals surface area contributed by atoms with Crippen LogP contribution in [0.1, 0.15) is 34.1 Å². The molecule has 1 aromatic carbocycles. The summed E-state index contributed by atoms with van der Waals surface area (Å²) in [5.41, 5.74) is 8.15. The molecule has 8 heteroatoms. The van der Waals surface area contributed by atoms with Gasteiger partial charge in [-0.25, -0.2) is 4.98 Å². The first kappa shape index (κ1) is 18.9. The number of carbonyl (C=O) groups excluding carboxylic acids is 1. The molecule has 1 saturated heterocycles. The van der Waals surface area contributed by atoms with Gasteiger partial charge in [-0.1, -0.05) is 6.07 Å². The van der Waals surface area contributed by atoms with Gasteiger partial charge in [0.05, 0.1) is 19.8 Å². The van der Waals surface area contributed by atoms with Crippen LogP contribution in [-0.2, 0) is 4.74 Å². The van der Waals surface area contributed by atoms with Gasteiger partial charge in [0, 0.05) is 43.1 Å². The third-order valence-electron chi connectivity index (χ3n) is 4.57. The molecule has 1 amide bonds. The summed E-state index contributed by atoms with van der Waals surface area (Å²) < 4.78 is 11.4. The fraction of sp³-hybridized carbons (Fsp3) is 0.421. The van der Waals surface area contributed by atoms with Crippen molar-refractivity contribution in [2.75, 3.05) is 44.5 Å². The number of benzene rings is 1. The molecule has 144 valence electrons. The number of carbonyl (C=O) groups is 1. The van der Waals surface area contributed by atoms with E-state index in [1.54, 1.807) is 26.3 Å². The van der Waals surface area contributed by atoms with Crippen LogP contribution in [0.25, 0.3) is 0 Å². The van der Waals surface area contributed by atoms with Crippen molar-refractivity contribution in [1.82, 2.24) is 15.3 Å². The Morgan fingerprint density at radius 3 is 2.89 bits per heavy atom. The third kappa shape index (κ3) is 4.11. The molecule has 0 bridgehead atoms. The van der Waals surface area contributed by atoms with Gasteiger partial charge in [0.25, 0.3) is 5.91 Å². The molecule has 1 aliphatic heterocycles. The lowest BCUT2D eigenvalue weighted by molar-refractivity contribution is 0.0962. The lowest BCUT2D eigenvalue weighted by atomic mass is 10.0. The summed E-state index contributed by atoms with van der Waals surface area (Å²) in [6, 6.07) is 7.25. The van der Waals surface area contributed by atoms with Crippen LogP contribution < -0.4 is 20.7 Å². The average molecular weight is 371 g/mol. The van der Waals surface area contributed by atoms with Gasteiger partial charge in [0.15, 0.2) is 0 Å². The van der Waals surface area contributed by atoms with E-state index in [2.05, 4.69) is 20.2 Å². The number of nitrogens with two attached hydrogens (primary N) is 1. The summed E-state index contributed by atoms with van der Waals surface area (Å²) in [7, 11) is 3.20. The molecule has 1 atom stereocenters. The molecule has 3 N–H and O–H groups in total. The van der Waals surface area contributed by atoms with E-state index in [4.69, 9.17) is 15.2 Å². The lowest BCUT2D eigenvalue weighted by Gasteiger charge is -2.32. The first-order valence-corrected chi connectivity index (χ1v) is 8.89. The van der Waals surface area contributed by atoms with Crippen molar-refractivity contribution in [1.29, 1.82) is 0 Å². The molecule has 1 aliphatic rings. The molecule has 0 aliphatic carbocycles. The van der Waals surface area contributed by atoms with Crippen LogP contribution in [-0.4, -0.2) is 49.8 Å². The fourth-order valence-electron chi connectivity index (χ4n) is 3.30. The van der Waals surface area contributed by atoms with Gasteiger partial charge in [0.1, 0.15) is 11.6 Å². The monoisotopic (exact) mass is 371 g/mol. The van der Waals surface area contributed by atoms with Gasteiger partial charge in [-0.05, 0) is 25.5 Å². The molecule has 27 heavy (non-hydrogen) atoms. The van der Waals surface area contributed by atoms with Crippen molar-refractivity contribution in [2.45, 2.75) is 19.4 Å². The molecular formula is C19H25N5O3. The number of nitrogens with one attached hydrogen (secondary N) is 1. The molecule has 1 aromatic heterocycles. The molecule has 0 spiro atoms. The summed E-state index contributed by atoms with van der Waals surface area (Å²) in [6.45, 7) is 3.81. The van der Waals surface area contributed by atoms with E-state index in [0.29, 0.717) is 24.5 Å². The minimum atomic E-state index is -0.159. The van der Waals surface area contributed by atoms with Crippen molar-refractivity contribution in [3.8, 4) is 5.75 Å². The summed E-state index contributed by atoms with van der Waals surface area (Å²) in [5, 5.41) is 2.63. The summed E-state index contributed by atoms with van der Waals surface area (Å²) >= 11 is 0. The smallest absolute Gasteiger partial charge is 0.251 e. The molecule has 8 nitrogen and oxygen atoms in total. The normalized spacial score (nSPS) is 17.3. The Morgan fingerprint density at radius 2 is 2.19 bits per heavy atom. The maximum atomic E-state index is 12.0. The van der Waals surface area contributed by atoms with Gasteiger partial charge < -0.3 is 25.4 Å². The number of aromatic nitrogens is 2. The van der Waals surface area contributed by atoms with E-state index >= 15 is 0 Å². The van der Waals surface area contributed by atoms with Crippen LogP contribution in [0.5, 0.6) is 5.75 Å². The van der Waals surface area contributed by atoms with Crippen molar-refractivity contribution in [3.05, 3.63) is 41.1 Å². The average Bonchev–Trinajstić information content (AvgIpc) is 2.92. The molecule has 1 unspecified atom stereocenters. The molecule has 3 rings (SSSR count). The zero-order valence-electron chi connectivity index (χ0n) is 15.9. The predicted molar refractivity (Wildman–Crippen MR) is 103 cm³/mol. The van der Waals surface area contributed by atoms with Gasteiger partial charge in [-0.2, -0.15) is 4.98 Å². The van der Waals surface area contributed by atoms with Gasteiger partial charge >= 0.3 is 0 Å². The Bertz CT molecular complexity index is 807. The van der Waals surface area contributed by atoms with E-state index in [0.717, 1.165) is 30.0 Å². The molecule has 0 saturated carbocycles. The van der Waals surface area contributed by atoms with Crippen LogP contribution in [0.3, 0.4) is 0 Å². The summed E-state index contributed by atoms with van der Waals surface area (Å²) in [5.74, 6) is 1.48. The third-order valence-corrected chi connectivity index (χ3v) is 4.57. The molecule has 1 fully saturated rings. The first-order chi connectivity index (χ1) is 13.0. The number of rotatable bonds is 4. The van der Waals surface area contributed by atoms with Crippen molar-refractivity contribution in [2.24, 2.45) is 0 Å². The second-order valence-electron chi connectivity index (χ2n) is 6.40. The molecule has 2 heterocycles. The zero-order chi connectivity index (χ0) is 19.4. The number of anilines is 2. The first-order valence-electron chi connectivity index (χ1n) is 8.89. The minimum absolute atomic E-state index is 0.116. The van der Waals surface area contributed by atoms with E-state index < -0.39 is 0 Å². The molecular weight excluding hydrogens is 346 g/mol. The van der Waals surface area contributed by atoms with Crippen LogP contribution in [0.2, 0.25) is 0 Å². The highest BCUT2D eigenvalue weighted by Crippen LogP contribution is 2.34. The highest BCUT2D eigenvalue weighted by atomic mass is 16.5. The maximum Gasteiger partial charge on any atom is 0.251 e. The topological polar surface area (TPSA) is 103 Å². The zero-order valence-corrected chi connectivity index (χ0v) is 15.9. The van der Waals surface area contributed by atoms with Gasteiger partial charge in [-0.3, -0.25) is 4.79 Å². The van der Waals surface area contributed by atoms with Crippen LogP contribution in [0, 0.1) is 6.92 Å². The predicted octanol–water partition coefficient (Wildman–Crippen LogP) is 1.70. The number of hydrogen-bond acceptors (Lipinski definition) is 7. The molecule has 2 aromatic rings. The number of nitrogen functional groups attached to an aromatic ring is 1. The SMILES string of the molecule is CNC(=O)c1ccc(C2COCCCN2c2cc(C)nc(N)n2)c(OC)c1. The van der Waals surface area contributed by atoms with Gasteiger partial charge in [0.2, 0.25) is 5.95 Å². The summed E-state index contributed by atoms with van der Waals surface area (Å²) in [4.78, 5) is 22.7. The number of ether oxygens (including phenoxy) is 2. The number of nitrogens with zero attached hydrogens (tertiary/aromatic N) is 3. The van der Waals surface area contributed by atoms with Crippen LogP contribution in [0.4, 0.5) is 11.8 Å².